The molecule has 0 unspecified atom stereocenters. The van der Waals surface area contributed by atoms with E-state index in [1.807, 2.05) is 6.07 Å². The van der Waals surface area contributed by atoms with Crippen LogP contribution in [0.5, 0.6) is 0 Å². The first-order valence-corrected chi connectivity index (χ1v) is 7.47. The molecule has 0 aliphatic heterocycles. The Morgan fingerprint density at radius 2 is 1.74 bits per heavy atom. The van der Waals surface area contributed by atoms with E-state index in [2.05, 4.69) is 49.9 Å². The summed E-state index contributed by atoms with van der Waals surface area (Å²) in [4.78, 5) is 13.9. The first-order chi connectivity index (χ1) is 9.21. The number of aldehydes is 1. The second-order valence-corrected chi connectivity index (χ2v) is 5.30. The van der Waals surface area contributed by atoms with Crippen LogP contribution >= 0.6 is 0 Å². The van der Waals surface area contributed by atoms with Crippen LogP contribution in [0.4, 0.5) is 5.69 Å². The summed E-state index contributed by atoms with van der Waals surface area (Å²) in [7, 11) is 0. The van der Waals surface area contributed by atoms with Crippen LogP contribution in [0.3, 0.4) is 0 Å². The van der Waals surface area contributed by atoms with Crippen LogP contribution in [0, 0.1) is 5.41 Å². The molecular formula is C17H27NO. The SMILES string of the molecule is CCCCN(CC(C=O)(CC)CC)c1ccccc1. The summed E-state index contributed by atoms with van der Waals surface area (Å²) in [6.45, 7) is 8.28. The van der Waals surface area contributed by atoms with Crippen molar-refractivity contribution >= 4 is 12.0 Å². The van der Waals surface area contributed by atoms with Crippen LogP contribution in [0.25, 0.3) is 0 Å². The Balaban J connectivity index is 2.88. The first-order valence-electron chi connectivity index (χ1n) is 7.47. The fourth-order valence-electron chi connectivity index (χ4n) is 2.34. The summed E-state index contributed by atoms with van der Waals surface area (Å²) in [5.74, 6) is 0. The van der Waals surface area contributed by atoms with Crippen molar-refractivity contribution in [3.8, 4) is 0 Å². The Morgan fingerprint density at radius 1 is 1.11 bits per heavy atom. The van der Waals surface area contributed by atoms with E-state index in [0.717, 1.165) is 38.6 Å². The van der Waals surface area contributed by atoms with Gasteiger partial charge in [-0.25, -0.2) is 0 Å². The fraction of sp³-hybridized carbons (Fsp3) is 0.588. The number of benzene rings is 1. The zero-order valence-electron chi connectivity index (χ0n) is 12.6. The van der Waals surface area contributed by atoms with Gasteiger partial charge in [0.05, 0.1) is 0 Å². The normalized spacial score (nSPS) is 11.3. The van der Waals surface area contributed by atoms with Crippen molar-refractivity contribution in [3.63, 3.8) is 0 Å². The molecule has 0 aliphatic rings. The second kappa shape index (κ2) is 7.98. The van der Waals surface area contributed by atoms with Gasteiger partial charge in [-0.2, -0.15) is 0 Å². The van der Waals surface area contributed by atoms with Gasteiger partial charge in [-0.05, 0) is 31.4 Å². The summed E-state index contributed by atoms with van der Waals surface area (Å²) in [6, 6.07) is 10.4. The van der Waals surface area contributed by atoms with Gasteiger partial charge in [-0.15, -0.1) is 0 Å². The van der Waals surface area contributed by atoms with Gasteiger partial charge in [0.15, 0.2) is 0 Å². The van der Waals surface area contributed by atoms with Gasteiger partial charge >= 0.3 is 0 Å². The van der Waals surface area contributed by atoms with Crippen LogP contribution in [-0.2, 0) is 4.79 Å². The highest BCUT2D eigenvalue weighted by Crippen LogP contribution is 2.27. The number of carbonyl (C=O) groups is 1. The zero-order valence-corrected chi connectivity index (χ0v) is 12.6. The molecule has 0 amide bonds. The van der Waals surface area contributed by atoms with E-state index in [1.165, 1.54) is 12.1 Å². The van der Waals surface area contributed by atoms with Crippen molar-refractivity contribution in [2.24, 2.45) is 5.41 Å². The molecule has 0 fully saturated rings. The standard InChI is InChI=1S/C17H27NO/c1-4-7-13-18(16-11-9-8-10-12-16)14-17(5-2,6-3)15-19/h8-12,15H,4-7,13-14H2,1-3H3. The lowest BCUT2D eigenvalue weighted by atomic mass is 9.83. The molecule has 0 aliphatic carbocycles. The van der Waals surface area contributed by atoms with E-state index in [-0.39, 0.29) is 5.41 Å². The van der Waals surface area contributed by atoms with Crippen molar-refractivity contribution in [1.29, 1.82) is 0 Å². The van der Waals surface area contributed by atoms with E-state index in [4.69, 9.17) is 0 Å². The molecule has 0 spiro atoms. The number of rotatable bonds is 9. The molecule has 1 aromatic carbocycles. The van der Waals surface area contributed by atoms with Crippen LogP contribution in [0.2, 0.25) is 0 Å². The molecule has 1 rings (SSSR count). The topological polar surface area (TPSA) is 20.3 Å². The number of anilines is 1. The lowest BCUT2D eigenvalue weighted by molar-refractivity contribution is -0.116. The van der Waals surface area contributed by atoms with Gasteiger partial charge in [0.1, 0.15) is 6.29 Å². The molecule has 19 heavy (non-hydrogen) atoms. The lowest BCUT2D eigenvalue weighted by Gasteiger charge is -2.34. The molecule has 2 heteroatoms. The molecule has 0 bridgehead atoms. The average Bonchev–Trinajstić information content (AvgIpc) is 2.49. The molecule has 1 aromatic rings. The summed E-state index contributed by atoms with van der Waals surface area (Å²) < 4.78 is 0. The molecule has 0 N–H and O–H groups in total. The van der Waals surface area contributed by atoms with Gasteiger partial charge < -0.3 is 9.69 Å². The van der Waals surface area contributed by atoms with E-state index in [9.17, 15) is 4.79 Å². The smallest absolute Gasteiger partial charge is 0.127 e. The molecule has 0 saturated carbocycles. The van der Waals surface area contributed by atoms with Gasteiger partial charge in [0.25, 0.3) is 0 Å². The minimum atomic E-state index is -0.205. The summed E-state index contributed by atoms with van der Waals surface area (Å²) in [5, 5.41) is 0. The maximum atomic E-state index is 11.5. The van der Waals surface area contributed by atoms with E-state index in [1.54, 1.807) is 0 Å². The third-order valence-corrected chi connectivity index (χ3v) is 4.07. The average molecular weight is 261 g/mol. The van der Waals surface area contributed by atoms with Gasteiger partial charge in [0.2, 0.25) is 0 Å². The molecule has 0 aromatic heterocycles. The molecule has 106 valence electrons. The minimum absolute atomic E-state index is 0.205. The third-order valence-electron chi connectivity index (χ3n) is 4.07. The summed E-state index contributed by atoms with van der Waals surface area (Å²) >= 11 is 0. The van der Waals surface area contributed by atoms with E-state index < -0.39 is 0 Å². The van der Waals surface area contributed by atoms with Gasteiger partial charge in [-0.1, -0.05) is 45.4 Å². The Kier molecular flexibility index (Phi) is 6.61. The summed E-state index contributed by atoms with van der Waals surface area (Å²) in [6.07, 6.45) is 5.31. The number of hydrogen-bond acceptors (Lipinski definition) is 2. The van der Waals surface area contributed by atoms with Crippen molar-refractivity contribution in [2.45, 2.75) is 46.5 Å². The van der Waals surface area contributed by atoms with Gasteiger partial charge in [0, 0.05) is 24.2 Å². The van der Waals surface area contributed by atoms with Crippen LogP contribution in [0.1, 0.15) is 46.5 Å². The zero-order chi connectivity index (χ0) is 14.1. The predicted octanol–water partition coefficient (Wildman–Crippen LogP) is 4.30. The molecular weight excluding hydrogens is 234 g/mol. The maximum absolute atomic E-state index is 11.5. The Morgan fingerprint density at radius 3 is 2.21 bits per heavy atom. The van der Waals surface area contributed by atoms with E-state index in [0.29, 0.717) is 0 Å². The maximum Gasteiger partial charge on any atom is 0.127 e. The van der Waals surface area contributed by atoms with Gasteiger partial charge in [-0.3, -0.25) is 0 Å². The third kappa shape index (κ3) is 4.38. The number of para-hydroxylation sites is 1. The largest absolute Gasteiger partial charge is 0.371 e. The fourth-order valence-corrected chi connectivity index (χ4v) is 2.34. The quantitative estimate of drug-likeness (QED) is 0.618. The van der Waals surface area contributed by atoms with Crippen molar-refractivity contribution in [3.05, 3.63) is 30.3 Å². The predicted molar refractivity (Wildman–Crippen MR) is 82.6 cm³/mol. The van der Waals surface area contributed by atoms with Crippen molar-refractivity contribution < 1.29 is 4.79 Å². The van der Waals surface area contributed by atoms with Crippen molar-refractivity contribution in [1.82, 2.24) is 0 Å². The molecule has 0 atom stereocenters. The van der Waals surface area contributed by atoms with E-state index >= 15 is 0 Å². The van der Waals surface area contributed by atoms with Crippen molar-refractivity contribution in [2.75, 3.05) is 18.0 Å². The van der Waals surface area contributed by atoms with Crippen LogP contribution < -0.4 is 4.90 Å². The molecule has 0 radical (unpaired) electrons. The first kappa shape index (κ1) is 15.7. The Bertz CT molecular complexity index is 357. The van der Waals surface area contributed by atoms with Crippen LogP contribution in [0.15, 0.2) is 30.3 Å². The molecule has 0 saturated heterocycles. The second-order valence-electron chi connectivity index (χ2n) is 5.30. The highest BCUT2D eigenvalue weighted by Gasteiger charge is 2.28. The highest BCUT2D eigenvalue weighted by molar-refractivity contribution is 5.61. The Hall–Kier alpha value is -1.31. The monoisotopic (exact) mass is 261 g/mol. The molecule has 2 nitrogen and oxygen atoms in total. The highest BCUT2D eigenvalue weighted by atomic mass is 16.1. The number of nitrogens with zero attached hydrogens (tertiary/aromatic N) is 1. The lowest BCUT2D eigenvalue weighted by Crippen LogP contribution is -2.39. The number of unbranched alkanes of at least 4 members (excludes halogenated alkanes) is 1. The number of carbonyl (C=O) groups excluding carboxylic acids is 1. The minimum Gasteiger partial charge on any atom is -0.371 e. The molecule has 0 heterocycles. The summed E-state index contributed by atoms with van der Waals surface area (Å²) in [5.41, 5.74) is 1.02. The Labute approximate surface area is 117 Å². The number of hydrogen-bond donors (Lipinski definition) is 0. The van der Waals surface area contributed by atoms with Crippen LogP contribution in [-0.4, -0.2) is 19.4 Å².